The zero-order valence-corrected chi connectivity index (χ0v) is 18.0. The van der Waals surface area contributed by atoms with Crippen LogP contribution in [0.1, 0.15) is 29.3 Å². The van der Waals surface area contributed by atoms with Gasteiger partial charge in [-0.05, 0) is 46.1 Å². The van der Waals surface area contributed by atoms with Gasteiger partial charge in [-0.15, -0.1) is 0 Å². The average molecular weight is 472 g/mol. The largest absolute Gasteiger partial charge is 0.493 e. The number of nitrogens with zero attached hydrogens (tertiary/aromatic N) is 2. The van der Waals surface area contributed by atoms with Crippen molar-refractivity contribution in [2.75, 3.05) is 20.8 Å². The van der Waals surface area contributed by atoms with Gasteiger partial charge in [0.05, 0.1) is 23.1 Å². The highest BCUT2D eigenvalue weighted by molar-refractivity contribution is 9.10. The van der Waals surface area contributed by atoms with E-state index in [2.05, 4.69) is 15.9 Å². The van der Waals surface area contributed by atoms with Crippen molar-refractivity contribution in [3.63, 3.8) is 0 Å². The van der Waals surface area contributed by atoms with E-state index in [9.17, 15) is 14.9 Å². The third-order valence-electron chi connectivity index (χ3n) is 3.92. The van der Waals surface area contributed by atoms with Gasteiger partial charge in [-0.1, -0.05) is 18.5 Å². The van der Waals surface area contributed by atoms with Crippen molar-refractivity contribution in [1.29, 1.82) is 0 Å². The number of nitro benzene ring substituents is 1. The summed E-state index contributed by atoms with van der Waals surface area (Å²) in [4.78, 5) is 24.8. The number of amides is 1. The van der Waals surface area contributed by atoms with Crippen molar-refractivity contribution in [3.8, 4) is 11.5 Å². The number of hydrogen-bond acceptors (Lipinski definition) is 5. The Morgan fingerprint density at radius 1 is 1.32 bits per heavy atom. The molecule has 0 aliphatic carbocycles. The lowest BCUT2D eigenvalue weighted by atomic mass is 10.1. The van der Waals surface area contributed by atoms with Crippen LogP contribution in [0.3, 0.4) is 0 Å². The molecular weight excluding hydrogens is 452 g/mol. The Balaban J connectivity index is 2.27. The van der Waals surface area contributed by atoms with Crippen LogP contribution in [0.2, 0.25) is 5.02 Å². The average Bonchev–Trinajstić information content (AvgIpc) is 2.67. The molecule has 0 atom stereocenters. The van der Waals surface area contributed by atoms with Crippen LogP contribution in [0.15, 0.2) is 34.8 Å². The first kappa shape index (κ1) is 22.0. The zero-order chi connectivity index (χ0) is 20.8. The van der Waals surface area contributed by atoms with Gasteiger partial charge in [-0.3, -0.25) is 14.9 Å². The number of non-ortho nitro benzene ring substituents is 1. The van der Waals surface area contributed by atoms with Crippen molar-refractivity contribution in [1.82, 2.24) is 4.90 Å². The second kappa shape index (κ2) is 9.75. The van der Waals surface area contributed by atoms with E-state index in [1.54, 1.807) is 19.2 Å². The minimum absolute atomic E-state index is 0.0814. The fourth-order valence-electron chi connectivity index (χ4n) is 2.53. The van der Waals surface area contributed by atoms with Crippen LogP contribution in [-0.4, -0.2) is 36.5 Å². The second-order valence-electron chi connectivity index (χ2n) is 6.03. The summed E-state index contributed by atoms with van der Waals surface area (Å²) in [6.45, 7) is 2.63. The van der Waals surface area contributed by atoms with Crippen LogP contribution in [0.25, 0.3) is 0 Å². The number of nitro groups is 1. The quantitative estimate of drug-likeness (QED) is 0.396. The van der Waals surface area contributed by atoms with E-state index in [1.807, 2.05) is 6.92 Å². The Labute approximate surface area is 176 Å². The molecule has 1 amide bonds. The Bertz CT molecular complexity index is 891. The molecule has 2 rings (SSSR count). The first-order valence-electron chi connectivity index (χ1n) is 8.47. The van der Waals surface area contributed by atoms with Crippen LogP contribution in [0.5, 0.6) is 11.5 Å². The van der Waals surface area contributed by atoms with Gasteiger partial charge in [0.15, 0.2) is 11.5 Å². The van der Waals surface area contributed by atoms with Gasteiger partial charge >= 0.3 is 0 Å². The van der Waals surface area contributed by atoms with E-state index in [4.69, 9.17) is 21.1 Å². The summed E-state index contributed by atoms with van der Waals surface area (Å²) < 4.78 is 11.6. The van der Waals surface area contributed by atoms with Gasteiger partial charge in [-0.2, -0.15) is 0 Å². The van der Waals surface area contributed by atoms with Crippen LogP contribution in [0.4, 0.5) is 5.69 Å². The van der Waals surface area contributed by atoms with Gasteiger partial charge in [0, 0.05) is 36.3 Å². The fourth-order valence-corrected chi connectivity index (χ4v) is 3.26. The van der Waals surface area contributed by atoms with Crippen LogP contribution in [0, 0.1) is 10.1 Å². The summed E-state index contributed by atoms with van der Waals surface area (Å²) in [6, 6.07) is 7.40. The van der Waals surface area contributed by atoms with Crippen molar-refractivity contribution in [3.05, 3.63) is 61.1 Å². The zero-order valence-electron chi connectivity index (χ0n) is 15.7. The molecule has 0 unspecified atom stereocenters. The van der Waals surface area contributed by atoms with Gasteiger partial charge in [0.25, 0.3) is 11.6 Å². The molecule has 0 aromatic heterocycles. The van der Waals surface area contributed by atoms with Crippen molar-refractivity contribution in [2.24, 2.45) is 0 Å². The number of halogens is 2. The minimum atomic E-state index is -0.501. The molecule has 150 valence electrons. The monoisotopic (exact) mass is 470 g/mol. The highest BCUT2D eigenvalue weighted by Gasteiger charge is 2.20. The molecule has 0 aliphatic heterocycles. The first-order valence-corrected chi connectivity index (χ1v) is 9.64. The predicted molar refractivity (Wildman–Crippen MR) is 110 cm³/mol. The number of carbonyl (C=O) groups excluding carboxylic acids is 1. The second-order valence-corrected chi connectivity index (χ2v) is 7.29. The molecule has 2 aromatic rings. The summed E-state index contributed by atoms with van der Waals surface area (Å²) in [5.74, 6) is 0.682. The smallest absolute Gasteiger partial charge is 0.269 e. The normalized spacial score (nSPS) is 10.5. The summed E-state index contributed by atoms with van der Waals surface area (Å²) in [5.41, 5.74) is 0.791. The molecule has 0 aliphatic rings. The van der Waals surface area contributed by atoms with Crippen molar-refractivity contribution >= 4 is 39.1 Å². The third kappa shape index (κ3) is 5.14. The maximum Gasteiger partial charge on any atom is 0.269 e. The van der Waals surface area contributed by atoms with Crippen molar-refractivity contribution in [2.45, 2.75) is 19.9 Å². The van der Waals surface area contributed by atoms with E-state index >= 15 is 0 Å². The third-order valence-corrected chi connectivity index (χ3v) is 4.88. The number of methoxy groups -OCH3 is 1. The van der Waals surface area contributed by atoms with Crippen LogP contribution < -0.4 is 9.47 Å². The highest BCUT2D eigenvalue weighted by Crippen LogP contribution is 2.37. The summed E-state index contributed by atoms with van der Waals surface area (Å²) >= 11 is 9.55. The Kier molecular flexibility index (Phi) is 7.65. The summed E-state index contributed by atoms with van der Waals surface area (Å²) in [7, 11) is 3.10. The van der Waals surface area contributed by atoms with Crippen molar-refractivity contribution < 1.29 is 19.2 Å². The summed E-state index contributed by atoms with van der Waals surface area (Å²) in [6.07, 6.45) is 0.836. The molecule has 28 heavy (non-hydrogen) atoms. The Hall–Kier alpha value is -2.32. The van der Waals surface area contributed by atoms with E-state index in [-0.39, 0.29) is 18.1 Å². The Morgan fingerprint density at radius 3 is 2.64 bits per heavy atom. The SMILES string of the molecule is CCCOc1c(Br)cc(C(=O)N(C)Cc2cc([N+](=O)[O-])ccc2Cl)cc1OC. The van der Waals surface area contributed by atoms with E-state index in [1.165, 1.54) is 30.2 Å². The lowest BCUT2D eigenvalue weighted by Gasteiger charge is -2.20. The molecule has 0 saturated carbocycles. The van der Waals surface area contributed by atoms with Crippen LogP contribution in [-0.2, 0) is 6.54 Å². The number of carbonyl (C=O) groups is 1. The highest BCUT2D eigenvalue weighted by atomic mass is 79.9. The molecule has 7 nitrogen and oxygen atoms in total. The fraction of sp³-hybridized carbons (Fsp3) is 0.316. The van der Waals surface area contributed by atoms with Gasteiger partial charge in [-0.25, -0.2) is 0 Å². The molecule has 9 heteroatoms. The molecule has 0 N–H and O–H groups in total. The molecule has 0 bridgehead atoms. The number of rotatable bonds is 8. The summed E-state index contributed by atoms with van der Waals surface area (Å²) in [5, 5.41) is 11.3. The molecular formula is C19H20BrClN2O5. The predicted octanol–water partition coefficient (Wildman–Crippen LogP) is 5.08. The Morgan fingerprint density at radius 2 is 2.04 bits per heavy atom. The lowest BCUT2D eigenvalue weighted by Crippen LogP contribution is -2.26. The first-order chi connectivity index (χ1) is 13.3. The van der Waals surface area contributed by atoms with Gasteiger partial charge in [0.1, 0.15) is 0 Å². The van der Waals surface area contributed by atoms with E-state index in [0.29, 0.717) is 38.7 Å². The lowest BCUT2D eigenvalue weighted by molar-refractivity contribution is -0.384. The maximum absolute atomic E-state index is 12.9. The number of ether oxygens (including phenoxy) is 2. The molecule has 0 radical (unpaired) electrons. The topological polar surface area (TPSA) is 81.9 Å². The maximum atomic E-state index is 12.9. The van der Waals surface area contributed by atoms with E-state index < -0.39 is 4.92 Å². The number of hydrogen-bond donors (Lipinski definition) is 0. The van der Waals surface area contributed by atoms with E-state index in [0.717, 1.165) is 6.42 Å². The van der Waals surface area contributed by atoms with Gasteiger partial charge < -0.3 is 14.4 Å². The van der Waals surface area contributed by atoms with Crippen LogP contribution >= 0.6 is 27.5 Å². The molecule has 0 heterocycles. The molecule has 0 spiro atoms. The molecule has 0 fully saturated rings. The molecule has 0 saturated heterocycles. The van der Waals surface area contributed by atoms with Gasteiger partial charge in [0.2, 0.25) is 0 Å². The molecule has 2 aromatic carbocycles. The standard InChI is InChI=1S/C19H20BrClN2O5/c1-4-7-28-18-15(20)9-12(10-17(18)27-3)19(24)22(2)11-13-8-14(23(25)26)5-6-16(13)21/h5-6,8-10H,4,7,11H2,1-3H3. The minimum Gasteiger partial charge on any atom is -0.493 e. The number of benzene rings is 2.